The highest BCUT2D eigenvalue weighted by molar-refractivity contribution is 6.03. The van der Waals surface area contributed by atoms with Crippen molar-refractivity contribution < 1.29 is 14.3 Å². The summed E-state index contributed by atoms with van der Waals surface area (Å²) in [5.74, 6) is 0.912. The second-order valence-electron chi connectivity index (χ2n) is 5.67. The Balaban J connectivity index is 1.78. The number of Topliss-reactive ketones (excluding diaryl/α,β-unsaturated/α-hetero) is 1. The summed E-state index contributed by atoms with van der Waals surface area (Å²) in [7, 11) is 1.57. The van der Waals surface area contributed by atoms with Gasteiger partial charge in [-0.3, -0.25) is 14.9 Å². The standard InChI is InChI=1S/C17H17N3O3/c1-10-7-14-13(15(21)8-10)9-18-17(19-14)20-16(22)11-3-5-12(23-2)6-4-11/h3-6,9-10H,7-8H2,1-2H3,(H,18,19,20,22)/t10-/m0/s1. The molecule has 1 aliphatic rings. The first-order valence-corrected chi connectivity index (χ1v) is 7.41. The molecule has 0 unspecified atom stereocenters. The fourth-order valence-corrected chi connectivity index (χ4v) is 2.61. The number of aromatic nitrogens is 2. The molecule has 2 aromatic rings. The van der Waals surface area contributed by atoms with E-state index in [4.69, 9.17) is 4.74 Å². The molecular formula is C17H17N3O3. The predicted molar refractivity (Wildman–Crippen MR) is 84.8 cm³/mol. The summed E-state index contributed by atoms with van der Waals surface area (Å²) in [6, 6.07) is 6.75. The second kappa shape index (κ2) is 6.16. The molecule has 1 atom stereocenters. The molecule has 1 aromatic heterocycles. The van der Waals surface area contributed by atoms with Crippen molar-refractivity contribution in [2.45, 2.75) is 19.8 Å². The van der Waals surface area contributed by atoms with Gasteiger partial charge in [0.15, 0.2) is 5.78 Å². The maximum Gasteiger partial charge on any atom is 0.258 e. The SMILES string of the molecule is COc1ccc(C(=O)Nc2ncc3c(n2)C[C@H](C)CC3=O)cc1. The first-order valence-electron chi connectivity index (χ1n) is 7.41. The Hall–Kier alpha value is -2.76. The summed E-state index contributed by atoms with van der Waals surface area (Å²) in [6.07, 6.45) is 2.74. The van der Waals surface area contributed by atoms with Gasteiger partial charge in [0, 0.05) is 18.2 Å². The van der Waals surface area contributed by atoms with Gasteiger partial charge < -0.3 is 4.74 Å². The van der Waals surface area contributed by atoms with Crippen LogP contribution in [0.15, 0.2) is 30.5 Å². The normalized spacial score (nSPS) is 16.6. The second-order valence-corrected chi connectivity index (χ2v) is 5.67. The molecule has 1 N–H and O–H groups in total. The van der Waals surface area contributed by atoms with Crippen molar-refractivity contribution in [2.24, 2.45) is 5.92 Å². The van der Waals surface area contributed by atoms with Crippen molar-refractivity contribution in [3.63, 3.8) is 0 Å². The highest BCUT2D eigenvalue weighted by Crippen LogP contribution is 2.24. The Morgan fingerprint density at radius 1 is 1.26 bits per heavy atom. The Kier molecular flexibility index (Phi) is 4.06. The first kappa shape index (κ1) is 15.1. The quantitative estimate of drug-likeness (QED) is 0.942. The van der Waals surface area contributed by atoms with Gasteiger partial charge in [0.05, 0.1) is 18.4 Å². The molecule has 0 saturated heterocycles. The van der Waals surface area contributed by atoms with Crippen molar-refractivity contribution in [3.05, 3.63) is 47.3 Å². The smallest absolute Gasteiger partial charge is 0.258 e. The molecule has 6 nitrogen and oxygen atoms in total. The van der Waals surface area contributed by atoms with Crippen LogP contribution in [0.1, 0.15) is 39.8 Å². The number of amides is 1. The average Bonchev–Trinajstić information content (AvgIpc) is 2.54. The lowest BCUT2D eigenvalue weighted by Gasteiger charge is -2.19. The van der Waals surface area contributed by atoms with Gasteiger partial charge in [-0.25, -0.2) is 9.97 Å². The van der Waals surface area contributed by atoms with E-state index in [-0.39, 0.29) is 23.6 Å². The minimum atomic E-state index is -0.303. The van der Waals surface area contributed by atoms with Gasteiger partial charge in [0.25, 0.3) is 5.91 Å². The zero-order chi connectivity index (χ0) is 16.4. The fraction of sp³-hybridized carbons (Fsp3) is 0.294. The van der Waals surface area contributed by atoms with E-state index in [2.05, 4.69) is 15.3 Å². The molecule has 0 saturated carbocycles. The summed E-state index contributed by atoms with van der Waals surface area (Å²) >= 11 is 0. The number of carbonyl (C=O) groups excluding carboxylic acids is 2. The Bertz CT molecular complexity index is 756. The highest BCUT2D eigenvalue weighted by atomic mass is 16.5. The molecular weight excluding hydrogens is 294 g/mol. The number of hydrogen-bond acceptors (Lipinski definition) is 5. The maximum atomic E-state index is 12.2. The van der Waals surface area contributed by atoms with E-state index in [0.29, 0.717) is 29.0 Å². The van der Waals surface area contributed by atoms with Crippen molar-refractivity contribution >= 4 is 17.6 Å². The number of ketones is 1. The lowest BCUT2D eigenvalue weighted by Crippen LogP contribution is -2.22. The van der Waals surface area contributed by atoms with Gasteiger partial charge in [-0.15, -0.1) is 0 Å². The van der Waals surface area contributed by atoms with Crippen molar-refractivity contribution in [3.8, 4) is 5.75 Å². The number of carbonyl (C=O) groups is 2. The molecule has 1 amide bonds. The number of hydrogen-bond donors (Lipinski definition) is 1. The zero-order valence-electron chi connectivity index (χ0n) is 13.0. The maximum absolute atomic E-state index is 12.2. The third-order valence-electron chi connectivity index (χ3n) is 3.82. The number of methoxy groups -OCH3 is 1. The monoisotopic (exact) mass is 311 g/mol. The Morgan fingerprint density at radius 3 is 2.70 bits per heavy atom. The van der Waals surface area contributed by atoms with Crippen LogP contribution in [0.5, 0.6) is 5.75 Å². The summed E-state index contributed by atoms with van der Waals surface area (Å²) in [6.45, 7) is 2.01. The number of benzene rings is 1. The van der Waals surface area contributed by atoms with E-state index < -0.39 is 0 Å². The van der Waals surface area contributed by atoms with E-state index in [1.54, 1.807) is 31.4 Å². The molecule has 23 heavy (non-hydrogen) atoms. The molecule has 0 spiro atoms. The molecule has 1 aromatic carbocycles. The molecule has 0 fully saturated rings. The summed E-state index contributed by atoms with van der Waals surface area (Å²) in [4.78, 5) is 32.5. The van der Waals surface area contributed by atoms with Crippen LogP contribution in [0, 0.1) is 5.92 Å². The number of anilines is 1. The summed E-state index contributed by atoms with van der Waals surface area (Å²) in [5, 5.41) is 2.66. The summed E-state index contributed by atoms with van der Waals surface area (Å²) in [5.41, 5.74) is 1.75. The minimum absolute atomic E-state index is 0.0618. The first-order chi connectivity index (χ1) is 11.1. The molecule has 0 radical (unpaired) electrons. The summed E-state index contributed by atoms with van der Waals surface area (Å²) < 4.78 is 5.06. The molecule has 0 bridgehead atoms. The van der Waals surface area contributed by atoms with Gasteiger partial charge in [0.2, 0.25) is 5.95 Å². The van der Waals surface area contributed by atoms with Crippen LogP contribution >= 0.6 is 0 Å². The minimum Gasteiger partial charge on any atom is -0.497 e. The molecule has 3 rings (SSSR count). The van der Waals surface area contributed by atoms with Gasteiger partial charge in [-0.2, -0.15) is 0 Å². The Morgan fingerprint density at radius 2 is 2.00 bits per heavy atom. The lowest BCUT2D eigenvalue weighted by atomic mass is 9.88. The van der Waals surface area contributed by atoms with E-state index in [9.17, 15) is 9.59 Å². The molecule has 1 aliphatic carbocycles. The van der Waals surface area contributed by atoms with E-state index in [1.165, 1.54) is 6.20 Å². The molecule has 0 aliphatic heterocycles. The van der Waals surface area contributed by atoms with E-state index in [1.807, 2.05) is 6.92 Å². The third kappa shape index (κ3) is 3.21. The van der Waals surface area contributed by atoms with Crippen LogP contribution in [0.4, 0.5) is 5.95 Å². The van der Waals surface area contributed by atoms with Crippen molar-refractivity contribution in [2.75, 3.05) is 12.4 Å². The van der Waals surface area contributed by atoms with E-state index >= 15 is 0 Å². The Labute approximate surface area is 133 Å². The van der Waals surface area contributed by atoms with Crippen molar-refractivity contribution in [1.29, 1.82) is 0 Å². The lowest BCUT2D eigenvalue weighted by molar-refractivity contribution is 0.0951. The number of fused-ring (bicyclic) bond motifs is 1. The van der Waals surface area contributed by atoms with Crippen LogP contribution in [0.25, 0.3) is 0 Å². The highest BCUT2D eigenvalue weighted by Gasteiger charge is 2.24. The van der Waals surface area contributed by atoms with E-state index in [0.717, 1.165) is 6.42 Å². The molecule has 1 heterocycles. The number of ether oxygens (including phenoxy) is 1. The van der Waals surface area contributed by atoms with Crippen molar-refractivity contribution in [1.82, 2.24) is 9.97 Å². The van der Waals surface area contributed by atoms with Gasteiger partial charge in [-0.1, -0.05) is 6.92 Å². The zero-order valence-corrected chi connectivity index (χ0v) is 13.0. The largest absolute Gasteiger partial charge is 0.497 e. The molecule has 118 valence electrons. The van der Waals surface area contributed by atoms with Gasteiger partial charge >= 0.3 is 0 Å². The van der Waals surface area contributed by atoms with Crippen LogP contribution in [-0.4, -0.2) is 28.8 Å². The number of nitrogens with one attached hydrogen (secondary N) is 1. The van der Waals surface area contributed by atoms with Gasteiger partial charge in [-0.05, 0) is 36.6 Å². The third-order valence-corrected chi connectivity index (χ3v) is 3.82. The molecule has 6 heteroatoms. The predicted octanol–water partition coefficient (Wildman–Crippen LogP) is 2.50. The van der Waals surface area contributed by atoms with Crippen LogP contribution in [-0.2, 0) is 6.42 Å². The number of rotatable bonds is 3. The topological polar surface area (TPSA) is 81.2 Å². The van der Waals surface area contributed by atoms with Crippen LogP contribution in [0.3, 0.4) is 0 Å². The van der Waals surface area contributed by atoms with Gasteiger partial charge in [0.1, 0.15) is 5.75 Å². The fourth-order valence-electron chi connectivity index (χ4n) is 2.61. The van der Waals surface area contributed by atoms with Crippen LogP contribution < -0.4 is 10.1 Å². The van der Waals surface area contributed by atoms with Crippen LogP contribution in [0.2, 0.25) is 0 Å². The number of nitrogens with zero attached hydrogens (tertiary/aromatic N) is 2. The average molecular weight is 311 g/mol.